The van der Waals surface area contributed by atoms with Crippen LogP contribution in [0.15, 0.2) is 18.6 Å². The Hall–Kier alpha value is -3.51. The number of hydrogen-bond donors (Lipinski definition) is 3. The van der Waals surface area contributed by atoms with E-state index >= 15 is 0 Å². The molecule has 0 aromatic carbocycles. The van der Waals surface area contributed by atoms with Gasteiger partial charge in [-0.15, -0.1) is 0 Å². The number of nitrogens with two attached hydrogens (primary N) is 1. The van der Waals surface area contributed by atoms with Crippen LogP contribution in [0.5, 0.6) is 0 Å². The molecule has 4 heterocycles. The first-order valence-electron chi connectivity index (χ1n) is 11.3. The summed E-state index contributed by atoms with van der Waals surface area (Å²) < 4.78 is 18.7. The highest BCUT2D eigenvalue weighted by molar-refractivity contribution is 6.13. The van der Waals surface area contributed by atoms with Gasteiger partial charge in [0.05, 0.1) is 17.2 Å². The third-order valence-electron chi connectivity index (χ3n) is 5.99. The molecule has 0 spiro atoms. The van der Waals surface area contributed by atoms with Gasteiger partial charge in [0.1, 0.15) is 36.1 Å². The molecular formula is C23H29N5O7. The molecule has 2 aliphatic heterocycles. The van der Waals surface area contributed by atoms with E-state index in [2.05, 4.69) is 15.3 Å². The molecule has 4 rings (SSSR count). The Balaban J connectivity index is 1.77. The van der Waals surface area contributed by atoms with Crippen molar-refractivity contribution in [3.05, 3.63) is 24.2 Å². The largest absolute Gasteiger partial charge is 0.463 e. The van der Waals surface area contributed by atoms with Crippen LogP contribution in [0.4, 0.5) is 5.82 Å². The summed E-state index contributed by atoms with van der Waals surface area (Å²) in [6.07, 6.45) is 0.889. The van der Waals surface area contributed by atoms with Crippen molar-refractivity contribution in [3.8, 4) is 0 Å². The molecule has 1 amide bonds. The topological polar surface area (TPSA) is 168 Å². The van der Waals surface area contributed by atoms with Crippen molar-refractivity contribution in [2.75, 3.05) is 11.9 Å². The zero-order valence-electron chi connectivity index (χ0n) is 20.1. The Bertz CT molecular complexity index is 1220. The number of amides is 1. The molecule has 1 saturated heterocycles. The number of ether oxygens (including phenoxy) is 3. The van der Waals surface area contributed by atoms with Crippen LogP contribution in [-0.4, -0.2) is 61.9 Å². The maximum absolute atomic E-state index is 12.5. The van der Waals surface area contributed by atoms with E-state index in [1.165, 1.54) is 19.3 Å². The number of rotatable bonds is 6. The average Bonchev–Trinajstić information content (AvgIpc) is 3.23. The SMILES string of the molecule is CC(C)C(=O)OC[C@H]1O[C@@H](n2cc3c4c(ncnc42)NC(=O)C=C3N)C(C)(O)[C@@H]1OC(=O)C(C)C. The summed E-state index contributed by atoms with van der Waals surface area (Å²) in [4.78, 5) is 45.1. The van der Waals surface area contributed by atoms with Gasteiger partial charge >= 0.3 is 11.9 Å². The Morgan fingerprint density at radius 1 is 1.26 bits per heavy atom. The monoisotopic (exact) mass is 487 g/mol. The lowest BCUT2D eigenvalue weighted by atomic mass is 9.96. The number of aromatic nitrogens is 3. The Morgan fingerprint density at radius 3 is 2.60 bits per heavy atom. The summed E-state index contributed by atoms with van der Waals surface area (Å²) >= 11 is 0. The average molecular weight is 488 g/mol. The second-order valence-corrected chi connectivity index (χ2v) is 9.51. The van der Waals surface area contributed by atoms with E-state index in [1.54, 1.807) is 38.5 Å². The quantitative estimate of drug-likeness (QED) is 0.502. The van der Waals surface area contributed by atoms with E-state index < -0.39 is 47.8 Å². The van der Waals surface area contributed by atoms with Crippen LogP contribution < -0.4 is 11.1 Å². The standard InChI is InChI=1S/C23H29N5O7/c1-10(2)20(30)33-8-14-17(35-21(31)11(3)4)23(5,32)22(34-14)28-7-12-13(24)6-15(29)27-18-16(12)19(28)26-9-25-18/h6-7,9-11,14,17,22,32H,8,24H2,1-5H3,(H,25,26,27,29)/t14-,17-,22-,23?/m1/s1. The number of carbonyl (C=O) groups excluding carboxylic acids is 3. The number of hydrogen-bond acceptors (Lipinski definition) is 10. The molecule has 0 saturated carbocycles. The van der Waals surface area contributed by atoms with Gasteiger partial charge < -0.3 is 34.9 Å². The molecule has 1 fully saturated rings. The maximum Gasteiger partial charge on any atom is 0.308 e. The van der Waals surface area contributed by atoms with Crippen LogP contribution in [0.3, 0.4) is 0 Å². The van der Waals surface area contributed by atoms with E-state index in [9.17, 15) is 19.5 Å². The van der Waals surface area contributed by atoms with Crippen molar-refractivity contribution in [2.24, 2.45) is 17.6 Å². The zero-order chi connectivity index (χ0) is 25.7. The van der Waals surface area contributed by atoms with Crippen molar-refractivity contribution >= 4 is 40.4 Å². The molecule has 35 heavy (non-hydrogen) atoms. The third kappa shape index (κ3) is 4.34. The molecule has 2 aromatic heterocycles. The normalized spacial score (nSPS) is 26.0. The van der Waals surface area contributed by atoms with E-state index in [0.29, 0.717) is 16.6 Å². The molecule has 12 heteroatoms. The molecular weight excluding hydrogens is 458 g/mol. The predicted octanol–water partition coefficient (Wildman–Crippen LogP) is 1.10. The fourth-order valence-electron chi connectivity index (χ4n) is 4.10. The molecule has 0 aliphatic carbocycles. The van der Waals surface area contributed by atoms with Crippen LogP contribution in [0.1, 0.15) is 46.4 Å². The highest BCUT2D eigenvalue weighted by Crippen LogP contribution is 2.43. The molecule has 12 nitrogen and oxygen atoms in total. The molecule has 1 unspecified atom stereocenters. The third-order valence-corrected chi connectivity index (χ3v) is 5.99. The Morgan fingerprint density at radius 2 is 1.94 bits per heavy atom. The summed E-state index contributed by atoms with van der Waals surface area (Å²) in [5.74, 6) is -1.98. The molecule has 2 aliphatic rings. The summed E-state index contributed by atoms with van der Waals surface area (Å²) in [5.41, 5.74) is 5.38. The van der Waals surface area contributed by atoms with Gasteiger partial charge in [0.15, 0.2) is 12.3 Å². The summed E-state index contributed by atoms with van der Waals surface area (Å²) in [7, 11) is 0. The van der Waals surface area contributed by atoms with Gasteiger partial charge in [-0.2, -0.15) is 0 Å². The molecule has 4 atom stereocenters. The minimum Gasteiger partial charge on any atom is -0.463 e. The van der Waals surface area contributed by atoms with Gasteiger partial charge in [0, 0.05) is 23.5 Å². The smallest absolute Gasteiger partial charge is 0.308 e. The second-order valence-electron chi connectivity index (χ2n) is 9.51. The lowest BCUT2D eigenvalue weighted by Gasteiger charge is -2.30. The van der Waals surface area contributed by atoms with Gasteiger partial charge in [-0.3, -0.25) is 14.4 Å². The molecule has 0 bridgehead atoms. The van der Waals surface area contributed by atoms with E-state index in [-0.39, 0.29) is 24.0 Å². The first kappa shape index (κ1) is 24.6. The predicted molar refractivity (Wildman–Crippen MR) is 123 cm³/mol. The summed E-state index contributed by atoms with van der Waals surface area (Å²) in [5, 5.41) is 14.7. The van der Waals surface area contributed by atoms with Crippen molar-refractivity contribution in [1.82, 2.24) is 14.5 Å². The minimum atomic E-state index is -1.75. The second kappa shape index (κ2) is 8.93. The zero-order valence-corrected chi connectivity index (χ0v) is 20.1. The Kier molecular flexibility index (Phi) is 6.28. The highest BCUT2D eigenvalue weighted by Gasteiger charge is 2.57. The molecule has 0 radical (unpaired) electrons. The molecule has 2 aromatic rings. The fourth-order valence-corrected chi connectivity index (χ4v) is 4.10. The van der Waals surface area contributed by atoms with E-state index in [1.807, 2.05) is 0 Å². The van der Waals surface area contributed by atoms with Crippen LogP contribution in [-0.2, 0) is 28.6 Å². The molecule has 4 N–H and O–H groups in total. The van der Waals surface area contributed by atoms with Crippen LogP contribution in [0.2, 0.25) is 0 Å². The number of anilines is 1. The summed E-state index contributed by atoms with van der Waals surface area (Å²) in [6.45, 7) is 7.97. The fraction of sp³-hybridized carbons (Fsp3) is 0.522. The van der Waals surface area contributed by atoms with Gasteiger partial charge in [0.25, 0.3) is 5.91 Å². The maximum atomic E-state index is 12.5. The van der Waals surface area contributed by atoms with Crippen LogP contribution in [0, 0.1) is 11.8 Å². The van der Waals surface area contributed by atoms with Crippen molar-refractivity contribution < 1.29 is 33.7 Å². The number of nitrogens with zero attached hydrogens (tertiary/aromatic N) is 3. The van der Waals surface area contributed by atoms with Crippen molar-refractivity contribution in [1.29, 1.82) is 0 Å². The molecule has 188 valence electrons. The minimum absolute atomic E-state index is 0.183. The van der Waals surface area contributed by atoms with Crippen LogP contribution >= 0.6 is 0 Å². The van der Waals surface area contributed by atoms with Gasteiger partial charge in [-0.1, -0.05) is 27.7 Å². The number of esters is 2. The highest BCUT2D eigenvalue weighted by atomic mass is 16.6. The Labute approximate surface area is 201 Å². The first-order chi connectivity index (χ1) is 16.4. The number of carbonyl (C=O) groups is 3. The van der Waals surface area contributed by atoms with E-state index in [0.717, 1.165) is 0 Å². The first-order valence-corrected chi connectivity index (χ1v) is 11.3. The van der Waals surface area contributed by atoms with Gasteiger partial charge in [-0.05, 0) is 6.92 Å². The van der Waals surface area contributed by atoms with Crippen LogP contribution in [0.25, 0.3) is 16.7 Å². The van der Waals surface area contributed by atoms with Gasteiger partial charge in [-0.25, -0.2) is 9.97 Å². The van der Waals surface area contributed by atoms with Crippen molar-refractivity contribution in [2.45, 2.75) is 58.7 Å². The lowest BCUT2D eigenvalue weighted by Crippen LogP contribution is -2.48. The van der Waals surface area contributed by atoms with Crippen molar-refractivity contribution in [3.63, 3.8) is 0 Å². The van der Waals surface area contributed by atoms with Gasteiger partial charge in [0.2, 0.25) is 0 Å². The lowest BCUT2D eigenvalue weighted by molar-refractivity contribution is -0.169. The van der Waals surface area contributed by atoms with E-state index in [4.69, 9.17) is 19.9 Å². The summed E-state index contributed by atoms with van der Waals surface area (Å²) in [6, 6.07) is 0. The number of aliphatic hydroxyl groups is 1. The number of nitrogens with one attached hydrogen (secondary N) is 1.